The number of carbonyl (C=O) groups is 2. The second-order valence-electron chi connectivity index (χ2n) is 15.8. The molecule has 0 saturated carbocycles. The molecule has 13 heteroatoms. The van der Waals surface area contributed by atoms with Gasteiger partial charge in [0.15, 0.2) is 9.92 Å². The Balaban J connectivity index is 1.51. The molecule has 6 rings (SSSR count). The number of nitrogens with one attached hydrogen (secondary N) is 2. The lowest BCUT2D eigenvalue weighted by Crippen LogP contribution is -2.38. The lowest BCUT2D eigenvalue weighted by Gasteiger charge is -2.33. The van der Waals surface area contributed by atoms with Crippen LogP contribution in [0.5, 0.6) is 5.88 Å². The summed E-state index contributed by atoms with van der Waals surface area (Å²) < 4.78 is 37.6. The van der Waals surface area contributed by atoms with Gasteiger partial charge >= 0.3 is 12.1 Å². The van der Waals surface area contributed by atoms with Gasteiger partial charge in [0.1, 0.15) is 16.0 Å². The van der Waals surface area contributed by atoms with E-state index in [1.807, 2.05) is 146 Å². The van der Waals surface area contributed by atoms with Gasteiger partial charge in [-0.1, -0.05) is 119 Å². The highest BCUT2D eigenvalue weighted by molar-refractivity contribution is 7.92. The molecule has 1 aliphatic heterocycles. The van der Waals surface area contributed by atoms with E-state index in [2.05, 4.69) is 15.1 Å². The minimum absolute atomic E-state index is 0.0570. The minimum Gasteiger partial charge on any atom is -0.477 e. The van der Waals surface area contributed by atoms with Gasteiger partial charge in [0, 0.05) is 20.0 Å². The van der Waals surface area contributed by atoms with Gasteiger partial charge in [-0.25, -0.2) is 23.2 Å². The molecule has 1 unspecified atom stereocenters. The normalized spacial score (nSPS) is 13.9. The quantitative estimate of drug-likeness (QED) is 0.127. The highest BCUT2D eigenvalue weighted by Gasteiger charge is 2.40. The molecule has 57 heavy (non-hydrogen) atoms. The molecule has 300 valence electrons. The number of pyridine rings is 1. The van der Waals surface area contributed by atoms with E-state index in [-0.39, 0.29) is 23.3 Å². The molecule has 0 fully saturated rings. The number of carbonyl (C=O) groups excluding carboxylic acids is 2. The first kappa shape index (κ1) is 41.0. The van der Waals surface area contributed by atoms with Crippen molar-refractivity contribution in [2.45, 2.75) is 95.8 Å². The third-order valence-electron chi connectivity index (χ3n) is 9.52. The van der Waals surface area contributed by atoms with E-state index in [1.54, 1.807) is 11.7 Å². The van der Waals surface area contributed by atoms with Gasteiger partial charge in [-0.05, 0) is 60.9 Å². The SMILES string of the molecule is CC(C)c1cc(CN(C)C(=O)OC(C)(C)C)nc(C(C)C)c1NC(=O)NS(=O)(=NC(c1ccccc1)(c1ccccc1)c1ccccc1)c1cnn2c1OCCC2. The first-order chi connectivity index (χ1) is 27.1. The maximum Gasteiger partial charge on any atom is 0.410 e. The highest BCUT2D eigenvalue weighted by Crippen LogP contribution is 2.43. The van der Waals surface area contributed by atoms with Crippen molar-refractivity contribution in [3.63, 3.8) is 0 Å². The lowest BCUT2D eigenvalue weighted by atomic mass is 9.78. The molecule has 0 radical (unpaired) electrons. The van der Waals surface area contributed by atoms with Crippen LogP contribution in [-0.4, -0.2) is 55.3 Å². The summed E-state index contributed by atoms with van der Waals surface area (Å²) in [5, 5.41) is 7.59. The predicted molar refractivity (Wildman–Crippen MR) is 223 cm³/mol. The van der Waals surface area contributed by atoms with Crippen LogP contribution in [-0.2, 0) is 33.3 Å². The minimum atomic E-state index is -3.93. The zero-order valence-electron chi connectivity index (χ0n) is 34.0. The van der Waals surface area contributed by atoms with E-state index in [1.165, 1.54) is 11.1 Å². The third-order valence-corrected chi connectivity index (χ3v) is 11.4. The maximum absolute atomic E-state index is 16.1. The summed E-state index contributed by atoms with van der Waals surface area (Å²) >= 11 is 0. The zero-order valence-corrected chi connectivity index (χ0v) is 34.8. The summed E-state index contributed by atoms with van der Waals surface area (Å²) in [6, 6.07) is 30.1. The molecule has 0 aliphatic carbocycles. The van der Waals surface area contributed by atoms with Crippen LogP contribution in [0.25, 0.3) is 0 Å². The molecular formula is C44H53N7O5S. The number of hydrogen-bond donors (Lipinski definition) is 2. The molecule has 0 bridgehead atoms. The fourth-order valence-corrected chi connectivity index (χ4v) is 8.74. The van der Waals surface area contributed by atoms with Gasteiger partial charge in [-0.15, -0.1) is 0 Å². The molecule has 2 aromatic heterocycles. The Hall–Kier alpha value is -5.69. The third kappa shape index (κ3) is 8.99. The average Bonchev–Trinajstić information content (AvgIpc) is 3.63. The molecular weight excluding hydrogens is 739 g/mol. The molecule has 1 atom stereocenters. The summed E-state index contributed by atoms with van der Waals surface area (Å²) in [6.07, 6.45) is 1.75. The first-order valence-electron chi connectivity index (χ1n) is 19.3. The zero-order chi connectivity index (χ0) is 41.0. The summed E-state index contributed by atoms with van der Waals surface area (Å²) in [7, 11) is -2.26. The number of aryl methyl sites for hydroxylation is 1. The summed E-state index contributed by atoms with van der Waals surface area (Å²) in [6.45, 7) is 14.6. The molecule has 3 aromatic carbocycles. The smallest absolute Gasteiger partial charge is 0.410 e. The molecule has 12 nitrogen and oxygen atoms in total. The number of hydrogen-bond acceptors (Lipinski definition) is 8. The van der Waals surface area contributed by atoms with E-state index >= 15 is 4.21 Å². The van der Waals surface area contributed by atoms with Gasteiger partial charge < -0.3 is 19.7 Å². The van der Waals surface area contributed by atoms with E-state index < -0.39 is 33.2 Å². The first-order valence-corrected chi connectivity index (χ1v) is 20.8. The van der Waals surface area contributed by atoms with Crippen LogP contribution < -0.4 is 14.8 Å². The van der Waals surface area contributed by atoms with Crippen LogP contribution in [0.15, 0.2) is 113 Å². The van der Waals surface area contributed by atoms with E-state index in [0.717, 1.165) is 28.7 Å². The fraction of sp³-hybridized carbons (Fsp3) is 0.364. The highest BCUT2D eigenvalue weighted by atomic mass is 32.2. The van der Waals surface area contributed by atoms with Crippen LogP contribution in [0.1, 0.15) is 100 Å². The van der Waals surface area contributed by atoms with E-state index in [0.29, 0.717) is 36.1 Å². The van der Waals surface area contributed by atoms with Gasteiger partial charge in [0.25, 0.3) is 0 Å². The van der Waals surface area contributed by atoms with Crippen LogP contribution in [0.2, 0.25) is 0 Å². The molecule has 0 saturated heterocycles. The number of nitrogens with zero attached hydrogens (tertiary/aromatic N) is 5. The Labute approximate surface area is 336 Å². The summed E-state index contributed by atoms with van der Waals surface area (Å²) in [5.74, 6) is 0.110. The van der Waals surface area contributed by atoms with Crippen LogP contribution in [0.3, 0.4) is 0 Å². The Kier molecular flexibility index (Phi) is 12.1. The Bertz CT molecular complexity index is 2190. The van der Waals surface area contributed by atoms with Crippen molar-refractivity contribution in [1.82, 2.24) is 24.4 Å². The number of rotatable bonds is 11. The van der Waals surface area contributed by atoms with Gasteiger partial charge in [0.05, 0.1) is 36.4 Å². The topological polar surface area (TPSA) is 140 Å². The van der Waals surface area contributed by atoms with Crippen LogP contribution in [0, 0.1) is 0 Å². The fourth-order valence-electron chi connectivity index (χ4n) is 6.90. The van der Waals surface area contributed by atoms with Crippen molar-refractivity contribution in [3.8, 4) is 5.88 Å². The van der Waals surface area contributed by atoms with Crippen molar-refractivity contribution in [2.75, 3.05) is 19.0 Å². The van der Waals surface area contributed by atoms with Crippen LogP contribution in [0.4, 0.5) is 15.3 Å². The van der Waals surface area contributed by atoms with Crippen molar-refractivity contribution in [1.29, 1.82) is 0 Å². The second-order valence-corrected chi connectivity index (χ2v) is 17.7. The molecule has 0 spiro atoms. The van der Waals surface area contributed by atoms with Crippen molar-refractivity contribution in [3.05, 3.63) is 137 Å². The van der Waals surface area contributed by atoms with Gasteiger partial charge in [0.2, 0.25) is 5.88 Å². The van der Waals surface area contributed by atoms with Gasteiger partial charge in [-0.2, -0.15) is 9.46 Å². The summed E-state index contributed by atoms with van der Waals surface area (Å²) in [5.41, 5.74) is 2.80. The van der Waals surface area contributed by atoms with Crippen LogP contribution >= 0.6 is 0 Å². The lowest BCUT2D eigenvalue weighted by molar-refractivity contribution is 0.0283. The van der Waals surface area contributed by atoms with Crippen molar-refractivity contribution >= 4 is 27.7 Å². The monoisotopic (exact) mass is 791 g/mol. The number of fused-ring (bicyclic) bond motifs is 1. The van der Waals surface area contributed by atoms with E-state index in [4.69, 9.17) is 18.8 Å². The number of aromatic nitrogens is 3. The standard InChI is InChI=1S/C44H53N7O5S/c1-30(2)36-27-35(29-50(8)42(53)56-43(5,6)7)46-38(31(3)4)39(36)47-41(52)48-57(54,37-28-45-51-25-18-26-55-40(37)51)49-44(32-19-12-9-13-20-32,33-21-14-10-15-22-33)34-23-16-11-17-24-34/h9-17,19-24,27-28,30-31H,18,25-26,29H2,1-8H3,(H2,47,48,49,52,54). The molecule has 2 N–H and O–H groups in total. The molecule has 5 aromatic rings. The Morgan fingerprint density at radius 2 is 1.47 bits per heavy atom. The number of urea groups is 1. The Morgan fingerprint density at radius 3 is 1.98 bits per heavy atom. The summed E-state index contributed by atoms with van der Waals surface area (Å²) in [4.78, 5) is 34.0. The molecule has 3 amide bonds. The Morgan fingerprint density at radius 1 is 0.912 bits per heavy atom. The average molecular weight is 792 g/mol. The number of anilines is 1. The van der Waals surface area contributed by atoms with E-state index in [9.17, 15) is 9.59 Å². The van der Waals surface area contributed by atoms with Crippen molar-refractivity contribution in [2.24, 2.45) is 4.36 Å². The molecule has 1 aliphatic rings. The van der Waals surface area contributed by atoms with Gasteiger partial charge in [-0.3, -0.25) is 4.98 Å². The number of benzene rings is 3. The number of ether oxygens (including phenoxy) is 2. The predicted octanol–water partition coefficient (Wildman–Crippen LogP) is 9.23. The number of amides is 3. The van der Waals surface area contributed by atoms with Crippen molar-refractivity contribution < 1.29 is 23.3 Å². The largest absolute Gasteiger partial charge is 0.477 e. The molecule has 3 heterocycles. The second kappa shape index (κ2) is 16.8. The maximum atomic E-state index is 16.1.